The summed E-state index contributed by atoms with van der Waals surface area (Å²) in [6, 6.07) is 7.12. The molecule has 3 aromatic rings. The maximum absolute atomic E-state index is 12.2. The van der Waals surface area contributed by atoms with Gasteiger partial charge in [-0.3, -0.25) is 4.79 Å². The van der Waals surface area contributed by atoms with Gasteiger partial charge in [0.05, 0.1) is 6.33 Å². The van der Waals surface area contributed by atoms with Crippen molar-refractivity contribution in [3.8, 4) is 0 Å². The van der Waals surface area contributed by atoms with Crippen molar-refractivity contribution in [2.24, 2.45) is 0 Å². The van der Waals surface area contributed by atoms with Crippen LogP contribution in [-0.4, -0.2) is 25.8 Å². The molecule has 0 fully saturated rings. The molecule has 0 saturated heterocycles. The number of aromatic amines is 1. The SMILES string of the molecule is O=C(Nc1ncnc2nc[nH]c12)c1cccc(CCl)c1. The van der Waals surface area contributed by atoms with Gasteiger partial charge in [-0.25, -0.2) is 15.0 Å². The number of carbonyl (C=O) groups is 1. The zero-order valence-corrected chi connectivity index (χ0v) is 11.1. The van der Waals surface area contributed by atoms with Gasteiger partial charge in [-0.2, -0.15) is 0 Å². The zero-order chi connectivity index (χ0) is 13.9. The number of carbonyl (C=O) groups excluding carboxylic acids is 1. The lowest BCUT2D eigenvalue weighted by Gasteiger charge is -2.05. The highest BCUT2D eigenvalue weighted by Gasteiger charge is 2.11. The van der Waals surface area contributed by atoms with Crippen LogP contribution < -0.4 is 5.32 Å². The Morgan fingerprint density at radius 2 is 2.20 bits per heavy atom. The van der Waals surface area contributed by atoms with Crippen molar-refractivity contribution in [1.82, 2.24) is 19.9 Å². The minimum Gasteiger partial charge on any atom is -0.340 e. The van der Waals surface area contributed by atoms with Gasteiger partial charge >= 0.3 is 0 Å². The van der Waals surface area contributed by atoms with Crippen LogP contribution in [0.15, 0.2) is 36.9 Å². The van der Waals surface area contributed by atoms with E-state index in [4.69, 9.17) is 11.6 Å². The van der Waals surface area contributed by atoms with E-state index < -0.39 is 0 Å². The molecule has 0 aliphatic heterocycles. The van der Waals surface area contributed by atoms with Crippen molar-refractivity contribution in [2.75, 3.05) is 5.32 Å². The summed E-state index contributed by atoms with van der Waals surface area (Å²) in [7, 11) is 0. The molecule has 0 atom stereocenters. The number of nitrogens with one attached hydrogen (secondary N) is 2. The van der Waals surface area contributed by atoms with E-state index in [-0.39, 0.29) is 5.91 Å². The lowest BCUT2D eigenvalue weighted by Crippen LogP contribution is -2.13. The van der Waals surface area contributed by atoms with Crippen LogP contribution in [0.2, 0.25) is 0 Å². The van der Waals surface area contributed by atoms with Gasteiger partial charge in [-0.1, -0.05) is 12.1 Å². The molecule has 0 unspecified atom stereocenters. The largest absolute Gasteiger partial charge is 0.340 e. The Morgan fingerprint density at radius 3 is 3.05 bits per heavy atom. The molecule has 100 valence electrons. The number of aromatic nitrogens is 4. The molecule has 3 rings (SSSR count). The summed E-state index contributed by atoms with van der Waals surface area (Å²) in [5.74, 6) is 0.500. The van der Waals surface area contributed by atoms with Gasteiger partial charge in [0.1, 0.15) is 11.8 Å². The van der Waals surface area contributed by atoms with Crippen LogP contribution in [0.3, 0.4) is 0 Å². The number of amides is 1. The summed E-state index contributed by atoms with van der Waals surface area (Å²) in [6.07, 6.45) is 2.86. The molecule has 0 bridgehead atoms. The Morgan fingerprint density at radius 1 is 1.30 bits per heavy atom. The van der Waals surface area contributed by atoms with Crippen LogP contribution in [0.25, 0.3) is 11.2 Å². The fourth-order valence-electron chi connectivity index (χ4n) is 1.84. The summed E-state index contributed by atoms with van der Waals surface area (Å²) in [4.78, 5) is 27.1. The first-order valence-electron chi connectivity index (χ1n) is 5.88. The monoisotopic (exact) mass is 287 g/mol. The van der Waals surface area contributed by atoms with E-state index in [1.165, 1.54) is 12.7 Å². The predicted octanol–water partition coefficient (Wildman–Crippen LogP) is 2.34. The van der Waals surface area contributed by atoms with Crippen LogP contribution in [0.1, 0.15) is 15.9 Å². The topological polar surface area (TPSA) is 83.6 Å². The number of nitrogens with zero attached hydrogens (tertiary/aromatic N) is 3. The van der Waals surface area contributed by atoms with E-state index in [9.17, 15) is 4.79 Å². The molecule has 0 aliphatic rings. The molecule has 0 aliphatic carbocycles. The Kier molecular flexibility index (Phi) is 3.30. The lowest BCUT2D eigenvalue weighted by atomic mass is 10.1. The van der Waals surface area contributed by atoms with Gasteiger partial charge in [-0.15, -0.1) is 11.6 Å². The van der Waals surface area contributed by atoms with Crippen LogP contribution in [0.5, 0.6) is 0 Å². The fraction of sp³-hybridized carbons (Fsp3) is 0.0769. The quantitative estimate of drug-likeness (QED) is 0.724. The van der Waals surface area contributed by atoms with Gasteiger partial charge < -0.3 is 10.3 Å². The number of hydrogen-bond acceptors (Lipinski definition) is 4. The van der Waals surface area contributed by atoms with Crippen molar-refractivity contribution in [2.45, 2.75) is 5.88 Å². The third-order valence-electron chi connectivity index (χ3n) is 2.80. The van der Waals surface area contributed by atoms with E-state index in [0.717, 1.165) is 5.56 Å². The second-order valence-corrected chi connectivity index (χ2v) is 4.38. The second kappa shape index (κ2) is 5.26. The van der Waals surface area contributed by atoms with Crippen molar-refractivity contribution in [3.63, 3.8) is 0 Å². The second-order valence-electron chi connectivity index (χ2n) is 4.11. The number of halogens is 1. The first-order valence-corrected chi connectivity index (χ1v) is 6.41. The third-order valence-corrected chi connectivity index (χ3v) is 3.11. The first kappa shape index (κ1) is 12.6. The molecular weight excluding hydrogens is 278 g/mol. The number of H-pyrrole nitrogens is 1. The Labute approximate surface area is 119 Å². The van der Waals surface area contributed by atoms with Crippen molar-refractivity contribution in [3.05, 3.63) is 48.0 Å². The van der Waals surface area contributed by atoms with E-state index in [0.29, 0.717) is 28.4 Å². The van der Waals surface area contributed by atoms with Crippen molar-refractivity contribution < 1.29 is 4.79 Å². The molecule has 2 heterocycles. The smallest absolute Gasteiger partial charge is 0.256 e. The molecule has 2 N–H and O–H groups in total. The van der Waals surface area contributed by atoms with Crippen molar-refractivity contribution >= 4 is 34.5 Å². The first-order chi connectivity index (χ1) is 9.78. The summed E-state index contributed by atoms with van der Waals surface area (Å²) in [5.41, 5.74) is 2.50. The summed E-state index contributed by atoms with van der Waals surface area (Å²) in [5, 5.41) is 2.73. The molecular formula is C13H10ClN5O. The minimum absolute atomic E-state index is 0.258. The van der Waals surface area contributed by atoms with Gasteiger partial charge in [0.2, 0.25) is 0 Å². The van der Waals surface area contributed by atoms with E-state index in [1.54, 1.807) is 18.2 Å². The Bertz CT molecular complexity index is 770. The Hall–Kier alpha value is -2.47. The number of anilines is 1. The number of rotatable bonds is 3. The standard InChI is InChI=1S/C13H10ClN5O/c14-5-8-2-1-3-9(4-8)13(20)19-12-10-11(16-6-15-10)17-7-18-12/h1-4,6-7H,5H2,(H2,15,16,17,18,19,20). The normalized spacial score (nSPS) is 10.7. The maximum Gasteiger partial charge on any atom is 0.256 e. The minimum atomic E-state index is -0.258. The number of alkyl halides is 1. The molecule has 0 spiro atoms. The van der Waals surface area contributed by atoms with Crippen LogP contribution in [0.4, 0.5) is 5.82 Å². The molecule has 2 aromatic heterocycles. The van der Waals surface area contributed by atoms with Crippen LogP contribution in [-0.2, 0) is 5.88 Å². The third kappa shape index (κ3) is 2.33. The summed E-state index contributed by atoms with van der Waals surface area (Å²) < 4.78 is 0. The zero-order valence-electron chi connectivity index (χ0n) is 10.3. The lowest BCUT2D eigenvalue weighted by molar-refractivity contribution is 0.102. The van der Waals surface area contributed by atoms with E-state index in [2.05, 4.69) is 25.3 Å². The molecule has 6 nitrogen and oxygen atoms in total. The van der Waals surface area contributed by atoms with Gasteiger partial charge in [0.15, 0.2) is 11.5 Å². The van der Waals surface area contributed by atoms with E-state index in [1.807, 2.05) is 6.07 Å². The Balaban J connectivity index is 1.90. The molecule has 1 aromatic carbocycles. The average Bonchev–Trinajstić information content (AvgIpc) is 2.97. The van der Waals surface area contributed by atoms with Gasteiger partial charge in [-0.05, 0) is 17.7 Å². The average molecular weight is 288 g/mol. The molecule has 20 heavy (non-hydrogen) atoms. The highest BCUT2D eigenvalue weighted by molar-refractivity contribution is 6.17. The summed E-state index contributed by atoms with van der Waals surface area (Å²) in [6.45, 7) is 0. The molecule has 7 heteroatoms. The number of hydrogen-bond donors (Lipinski definition) is 2. The number of fused-ring (bicyclic) bond motifs is 1. The van der Waals surface area contributed by atoms with E-state index >= 15 is 0 Å². The fourth-order valence-corrected chi connectivity index (χ4v) is 2.00. The molecule has 1 amide bonds. The van der Waals surface area contributed by atoms with Gasteiger partial charge in [0.25, 0.3) is 5.91 Å². The van der Waals surface area contributed by atoms with Crippen molar-refractivity contribution in [1.29, 1.82) is 0 Å². The molecule has 0 radical (unpaired) electrons. The van der Waals surface area contributed by atoms with Gasteiger partial charge in [0, 0.05) is 11.4 Å². The highest BCUT2D eigenvalue weighted by atomic mass is 35.5. The number of imidazole rings is 1. The number of benzene rings is 1. The van der Waals surface area contributed by atoms with Crippen LogP contribution >= 0.6 is 11.6 Å². The van der Waals surface area contributed by atoms with Crippen LogP contribution in [0, 0.1) is 0 Å². The maximum atomic E-state index is 12.2. The predicted molar refractivity (Wildman–Crippen MR) is 75.6 cm³/mol. The molecule has 0 saturated carbocycles. The summed E-state index contributed by atoms with van der Waals surface area (Å²) >= 11 is 5.76. The highest BCUT2D eigenvalue weighted by Crippen LogP contribution is 2.16.